The van der Waals surface area contributed by atoms with Gasteiger partial charge in [-0.1, -0.05) is 24.3 Å². The SMILES string of the molecule is COc1ccc(CNc2c(C)c(C)c3oc(C)c(-c4ccc(F)cc4)c3c2C)cc1. The van der Waals surface area contributed by atoms with E-state index in [4.69, 9.17) is 9.15 Å². The van der Waals surface area contributed by atoms with E-state index >= 15 is 0 Å². The van der Waals surface area contributed by atoms with Gasteiger partial charge in [-0.25, -0.2) is 4.39 Å². The van der Waals surface area contributed by atoms with Gasteiger partial charge in [0.1, 0.15) is 22.9 Å². The number of hydrogen-bond donors (Lipinski definition) is 1. The highest BCUT2D eigenvalue weighted by Crippen LogP contribution is 2.42. The second kappa shape index (κ2) is 7.86. The third-order valence-electron chi connectivity index (χ3n) is 5.87. The molecular formula is C26H26FNO2. The molecule has 4 rings (SSSR count). The summed E-state index contributed by atoms with van der Waals surface area (Å²) in [5.41, 5.74) is 8.60. The van der Waals surface area contributed by atoms with Crippen LogP contribution in [0.4, 0.5) is 10.1 Å². The number of ether oxygens (including phenoxy) is 1. The van der Waals surface area contributed by atoms with Crippen LogP contribution in [0.5, 0.6) is 5.75 Å². The summed E-state index contributed by atoms with van der Waals surface area (Å²) in [5.74, 6) is 1.45. The van der Waals surface area contributed by atoms with Crippen molar-refractivity contribution in [3.8, 4) is 16.9 Å². The number of anilines is 1. The molecule has 0 saturated carbocycles. The molecule has 0 radical (unpaired) electrons. The van der Waals surface area contributed by atoms with Gasteiger partial charge in [0.15, 0.2) is 0 Å². The maximum absolute atomic E-state index is 13.5. The summed E-state index contributed by atoms with van der Waals surface area (Å²) in [6.45, 7) is 9.00. The Balaban J connectivity index is 1.80. The lowest BCUT2D eigenvalue weighted by Crippen LogP contribution is -2.04. The summed E-state index contributed by atoms with van der Waals surface area (Å²) in [7, 11) is 1.67. The molecule has 0 aliphatic carbocycles. The number of nitrogens with one attached hydrogen (secondary N) is 1. The fraction of sp³-hybridized carbons (Fsp3) is 0.231. The third kappa shape index (κ3) is 3.43. The van der Waals surface area contributed by atoms with E-state index in [1.165, 1.54) is 23.3 Å². The smallest absolute Gasteiger partial charge is 0.138 e. The Hall–Kier alpha value is -3.27. The molecule has 30 heavy (non-hydrogen) atoms. The average molecular weight is 403 g/mol. The molecule has 0 unspecified atom stereocenters. The lowest BCUT2D eigenvalue weighted by molar-refractivity contribution is 0.414. The number of benzene rings is 3. The predicted octanol–water partition coefficient (Wildman–Crippen LogP) is 7.09. The van der Waals surface area contributed by atoms with Gasteiger partial charge in [0.25, 0.3) is 0 Å². The molecule has 0 aliphatic rings. The van der Waals surface area contributed by atoms with Crippen molar-refractivity contribution < 1.29 is 13.5 Å². The highest BCUT2D eigenvalue weighted by molar-refractivity contribution is 6.02. The lowest BCUT2D eigenvalue weighted by atomic mass is 9.93. The zero-order valence-electron chi connectivity index (χ0n) is 18.0. The van der Waals surface area contributed by atoms with Gasteiger partial charge in [-0.2, -0.15) is 0 Å². The molecule has 0 aliphatic heterocycles. The van der Waals surface area contributed by atoms with Gasteiger partial charge in [-0.3, -0.25) is 0 Å². The number of aryl methyl sites for hydroxylation is 3. The quantitative estimate of drug-likeness (QED) is 0.386. The molecule has 0 spiro atoms. The molecule has 3 aromatic carbocycles. The zero-order chi connectivity index (χ0) is 21.4. The fourth-order valence-corrected chi connectivity index (χ4v) is 4.09. The molecule has 0 bridgehead atoms. The number of methoxy groups -OCH3 is 1. The minimum atomic E-state index is -0.241. The van der Waals surface area contributed by atoms with Crippen molar-refractivity contribution in [3.63, 3.8) is 0 Å². The largest absolute Gasteiger partial charge is 0.497 e. The van der Waals surface area contributed by atoms with E-state index in [0.717, 1.165) is 50.4 Å². The minimum absolute atomic E-state index is 0.241. The predicted molar refractivity (Wildman–Crippen MR) is 121 cm³/mol. The van der Waals surface area contributed by atoms with E-state index in [1.807, 2.05) is 31.2 Å². The molecule has 0 saturated heterocycles. The van der Waals surface area contributed by atoms with Gasteiger partial charge in [-0.05, 0) is 79.8 Å². The fourth-order valence-electron chi connectivity index (χ4n) is 4.09. The number of rotatable bonds is 5. The van der Waals surface area contributed by atoms with Crippen molar-refractivity contribution in [1.29, 1.82) is 0 Å². The maximum atomic E-state index is 13.5. The van der Waals surface area contributed by atoms with Crippen LogP contribution in [0.25, 0.3) is 22.1 Å². The van der Waals surface area contributed by atoms with Crippen LogP contribution in [0.2, 0.25) is 0 Å². The van der Waals surface area contributed by atoms with Crippen LogP contribution >= 0.6 is 0 Å². The molecule has 1 heterocycles. The number of halogens is 1. The second-order valence-electron chi connectivity index (χ2n) is 7.70. The van der Waals surface area contributed by atoms with Gasteiger partial charge in [0, 0.05) is 23.2 Å². The zero-order valence-corrected chi connectivity index (χ0v) is 18.0. The van der Waals surface area contributed by atoms with E-state index in [-0.39, 0.29) is 5.82 Å². The Morgan fingerprint density at radius 2 is 1.53 bits per heavy atom. The number of fused-ring (bicyclic) bond motifs is 1. The first-order valence-electron chi connectivity index (χ1n) is 10.1. The van der Waals surface area contributed by atoms with E-state index in [9.17, 15) is 4.39 Å². The molecular weight excluding hydrogens is 377 g/mol. The number of hydrogen-bond acceptors (Lipinski definition) is 3. The van der Waals surface area contributed by atoms with Gasteiger partial charge in [0.05, 0.1) is 7.11 Å². The summed E-state index contributed by atoms with van der Waals surface area (Å²) in [5, 5.41) is 4.71. The van der Waals surface area contributed by atoms with Crippen molar-refractivity contribution in [2.45, 2.75) is 34.2 Å². The summed E-state index contributed by atoms with van der Waals surface area (Å²) in [6.07, 6.45) is 0. The summed E-state index contributed by atoms with van der Waals surface area (Å²) >= 11 is 0. The highest BCUT2D eigenvalue weighted by atomic mass is 19.1. The normalized spacial score (nSPS) is 11.1. The third-order valence-corrected chi connectivity index (χ3v) is 5.87. The van der Waals surface area contributed by atoms with Crippen molar-refractivity contribution in [3.05, 3.63) is 82.4 Å². The van der Waals surface area contributed by atoms with E-state index in [1.54, 1.807) is 7.11 Å². The molecule has 1 aromatic heterocycles. The first-order chi connectivity index (χ1) is 14.4. The van der Waals surface area contributed by atoms with Gasteiger partial charge in [-0.15, -0.1) is 0 Å². The first kappa shape index (κ1) is 20.0. The minimum Gasteiger partial charge on any atom is -0.497 e. The molecule has 0 fully saturated rings. The van der Waals surface area contributed by atoms with Crippen molar-refractivity contribution in [2.75, 3.05) is 12.4 Å². The van der Waals surface area contributed by atoms with Gasteiger partial charge >= 0.3 is 0 Å². The Morgan fingerprint density at radius 3 is 2.17 bits per heavy atom. The van der Waals surface area contributed by atoms with Crippen LogP contribution < -0.4 is 10.1 Å². The molecule has 154 valence electrons. The van der Waals surface area contributed by atoms with Crippen LogP contribution in [-0.2, 0) is 6.54 Å². The Labute approximate surface area is 176 Å². The molecule has 0 amide bonds. The van der Waals surface area contributed by atoms with E-state index in [0.29, 0.717) is 6.54 Å². The summed E-state index contributed by atoms with van der Waals surface area (Å²) in [4.78, 5) is 0. The van der Waals surface area contributed by atoms with E-state index < -0.39 is 0 Å². The average Bonchev–Trinajstić information content (AvgIpc) is 3.10. The molecule has 4 heteroatoms. The van der Waals surface area contributed by atoms with E-state index in [2.05, 4.69) is 38.2 Å². The van der Waals surface area contributed by atoms with Crippen LogP contribution in [0.15, 0.2) is 52.9 Å². The van der Waals surface area contributed by atoms with Crippen LogP contribution in [-0.4, -0.2) is 7.11 Å². The Morgan fingerprint density at radius 1 is 0.867 bits per heavy atom. The van der Waals surface area contributed by atoms with Crippen LogP contribution in [0.1, 0.15) is 28.0 Å². The summed E-state index contributed by atoms with van der Waals surface area (Å²) < 4.78 is 24.9. The van der Waals surface area contributed by atoms with Crippen molar-refractivity contribution in [1.82, 2.24) is 0 Å². The van der Waals surface area contributed by atoms with Crippen LogP contribution in [0, 0.1) is 33.5 Å². The Kier molecular flexibility index (Phi) is 5.25. The van der Waals surface area contributed by atoms with Gasteiger partial charge < -0.3 is 14.5 Å². The molecule has 1 N–H and O–H groups in total. The standard InChI is InChI=1S/C26H26FNO2/c1-15-16(2)26-23(24(18(4)30-26)20-8-10-21(27)11-9-20)17(3)25(15)28-14-19-6-12-22(29-5)13-7-19/h6-13,28H,14H2,1-5H3. The lowest BCUT2D eigenvalue weighted by Gasteiger charge is -2.17. The Bertz CT molecular complexity index is 1210. The van der Waals surface area contributed by atoms with Crippen molar-refractivity contribution >= 4 is 16.7 Å². The second-order valence-corrected chi connectivity index (χ2v) is 7.70. The van der Waals surface area contributed by atoms with Crippen molar-refractivity contribution in [2.24, 2.45) is 0 Å². The molecule has 3 nitrogen and oxygen atoms in total. The van der Waals surface area contributed by atoms with Crippen LogP contribution in [0.3, 0.4) is 0 Å². The highest BCUT2D eigenvalue weighted by Gasteiger charge is 2.21. The van der Waals surface area contributed by atoms with Gasteiger partial charge in [0.2, 0.25) is 0 Å². The molecule has 4 aromatic rings. The first-order valence-corrected chi connectivity index (χ1v) is 10.1. The topological polar surface area (TPSA) is 34.4 Å². The maximum Gasteiger partial charge on any atom is 0.138 e. The number of furan rings is 1. The summed E-state index contributed by atoms with van der Waals surface area (Å²) in [6, 6.07) is 14.7. The molecule has 0 atom stereocenters. The monoisotopic (exact) mass is 403 g/mol.